The van der Waals surface area contributed by atoms with Crippen LogP contribution >= 0.6 is 11.6 Å². The second-order valence-corrected chi connectivity index (χ2v) is 4.61. The summed E-state index contributed by atoms with van der Waals surface area (Å²) < 4.78 is 0. The molecule has 0 saturated heterocycles. The highest BCUT2D eigenvalue weighted by molar-refractivity contribution is 6.33. The first kappa shape index (κ1) is 13.9. The first-order chi connectivity index (χ1) is 9.38. The van der Waals surface area contributed by atoms with Gasteiger partial charge >= 0.3 is 5.97 Å². The summed E-state index contributed by atoms with van der Waals surface area (Å²) in [5.41, 5.74) is 12.6. The van der Waals surface area contributed by atoms with Gasteiger partial charge in [-0.25, -0.2) is 4.79 Å². The molecule has 0 aliphatic rings. The van der Waals surface area contributed by atoms with Crippen LogP contribution in [-0.2, 0) is 0 Å². The topological polar surface area (TPSA) is 106 Å². The molecule has 2 rings (SSSR count). The van der Waals surface area contributed by atoms with Crippen LogP contribution in [0.4, 0.5) is 5.69 Å². The predicted molar refractivity (Wildman–Crippen MR) is 76.8 cm³/mol. The lowest BCUT2D eigenvalue weighted by atomic mass is 10.00. The average molecular weight is 291 g/mol. The van der Waals surface area contributed by atoms with Gasteiger partial charge in [0.1, 0.15) is 0 Å². The van der Waals surface area contributed by atoms with Gasteiger partial charge in [0.05, 0.1) is 16.1 Å². The Bertz CT molecular complexity index is 714. The lowest BCUT2D eigenvalue weighted by Crippen LogP contribution is -2.11. The number of benzene rings is 2. The zero-order valence-corrected chi connectivity index (χ0v) is 11.0. The number of aromatic carboxylic acids is 1. The number of rotatable bonds is 3. The molecule has 0 heterocycles. The van der Waals surface area contributed by atoms with E-state index in [0.717, 1.165) is 0 Å². The van der Waals surface area contributed by atoms with Gasteiger partial charge in [-0.15, -0.1) is 0 Å². The summed E-state index contributed by atoms with van der Waals surface area (Å²) in [7, 11) is 0. The van der Waals surface area contributed by atoms with E-state index >= 15 is 0 Å². The van der Waals surface area contributed by atoms with Gasteiger partial charge in [0.15, 0.2) is 0 Å². The summed E-state index contributed by atoms with van der Waals surface area (Å²) in [4.78, 5) is 22.3. The standard InChI is InChI=1S/C14H11ClN2O3/c15-12-2-1-7(6-11(12)13(17)18)8-3-9(14(19)20)5-10(16)4-8/h1-6H,16H2,(H2,17,18)(H,19,20). The van der Waals surface area contributed by atoms with Gasteiger partial charge < -0.3 is 16.6 Å². The van der Waals surface area contributed by atoms with Crippen LogP contribution in [0.2, 0.25) is 5.02 Å². The summed E-state index contributed by atoms with van der Waals surface area (Å²) in [6.07, 6.45) is 0. The molecule has 0 spiro atoms. The molecule has 6 heteroatoms. The van der Waals surface area contributed by atoms with Gasteiger partial charge in [-0.2, -0.15) is 0 Å². The highest BCUT2D eigenvalue weighted by Crippen LogP contribution is 2.27. The van der Waals surface area contributed by atoms with Crippen molar-refractivity contribution in [2.45, 2.75) is 0 Å². The Morgan fingerprint density at radius 3 is 2.35 bits per heavy atom. The van der Waals surface area contributed by atoms with E-state index in [1.54, 1.807) is 12.1 Å². The summed E-state index contributed by atoms with van der Waals surface area (Å²) in [5.74, 6) is -1.73. The van der Waals surface area contributed by atoms with E-state index in [0.29, 0.717) is 16.8 Å². The minimum absolute atomic E-state index is 0.0653. The number of carbonyl (C=O) groups excluding carboxylic acids is 1. The zero-order valence-electron chi connectivity index (χ0n) is 10.3. The number of carboxylic acids is 1. The summed E-state index contributed by atoms with van der Waals surface area (Å²) >= 11 is 5.87. The van der Waals surface area contributed by atoms with Crippen LogP contribution in [0.1, 0.15) is 20.7 Å². The molecule has 0 atom stereocenters. The summed E-state index contributed by atoms with van der Waals surface area (Å²) in [6, 6.07) is 9.13. The van der Waals surface area contributed by atoms with Crippen molar-refractivity contribution in [1.82, 2.24) is 0 Å². The second kappa shape index (κ2) is 5.22. The van der Waals surface area contributed by atoms with Crippen LogP contribution in [-0.4, -0.2) is 17.0 Å². The van der Waals surface area contributed by atoms with Crippen molar-refractivity contribution in [3.8, 4) is 11.1 Å². The summed E-state index contributed by atoms with van der Waals surface area (Å²) in [6.45, 7) is 0. The lowest BCUT2D eigenvalue weighted by molar-refractivity contribution is 0.0696. The van der Waals surface area contributed by atoms with Crippen molar-refractivity contribution >= 4 is 29.2 Å². The largest absolute Gasteiger partial charge is 0.478 e. The Hall–Kier alpha value is -2.53. The maximum Gasteiger partial charge on any atom is 0.335 e. The van der Waals surface area contributed by atoms with Gasteiger partial charge in [0.2, 0.25) is 5.91 Å². The Kier molecular flexibility index (Phi) is 3.63. The van der Waals surface area contributed by atoms with Crippen LogP contribution in [0.15, 0.2) is 36.4 Å². The molecule has 0 fully saturated rings. The number of halogens is 1. The van der Waals surface area contributed by atoms with Gasteiger partial charge in [0.25, 0.3) is 0 Å². The molecule has 20 heavy (non-hydrogen) atoms. The molecule has 2 aromatic rings. The first-order valence-corrected chi connectivity index (χ1v) is 6.00. The molecular weight excluding hydrogens is 280 g/mol. The number of amides is 1. The van der Waals surface area contributed by atoms with Crippen molar-refractivity contribution in [1.29, 1.82) is 0 Å². The van der Waals surface area contributed by atoms with E-state index in [1.165, 1.54) is 24.3 Å². The monoisotopic (exact) mass is 290 g/mol. The lowest BCUT2D eigenvalue weighted by Gasteiger charge is -2.08. The fraction of sp³-hybridized carbons (Fsp3) is 0. The number of anilines is 1. The van der Waals surface area contributed by atoms with Crippen molar-refractivity contribution < 1.29 is 14.7 Å². The third kappa shape index (κ3) is 2.73. The van der Waals surface area contributed by atoms with Crippen LogP contribution in [0, 0.1) is 0 Å². The predicted octanol–water partition coefficient (Wildman–Crippen LogP) is 2.39. The molecule has 0 saturated carbocycles. The molecule has 0 aliphatic carbocycles. The molecule has 0 aromatic heterocycles. The first-order valence-electron chi connectivity index (χ1n) is 5.62. The minimum atomic E-state index is -1.08. The van der Waals surface area contributed by atoms with Crippen LogP contribution in [0.5, 0.6) is 0 Å². The smallest absolute Gasteiger partial charge is 0.335 e. The molecule has 0 aliphatic heterocycles. The van der Waals surface area contributed by atoms with E-state index in [2.05, 4.69) is 0 Å². The van der Waals surface area contributed by atoms with Gasteiger partial charge in [-0.1, -0.05) is 17.7 Å². The third-order valence-electron chi connectivity index (χ3n) is 2.77. The van der Waals surface area contributed by atoms with Crippen LogP contribution < -0.4 is 11.5 Å². The van der Waals surface area contributed by atoms with E-state index in [9.17, 15) is 9.59 Å². The number of hydrogen-bond acceptors (Lipinski definition) is 3. The second-order valence-electron chi connectivity index (χ2n) is 4.21. The highest BCUT2D eigenvalue weighted by atomic mass is 35.5. The fourth-order valence-corrected chi connectivity index (χ4v) is 2.05. The molecule has 5 N–H and O–H groups in total. The van der Waals surface area contributed by atoms with Crippen LogP contribution in [0.25, 0.3) is 11.1 Å². The van der Waals surface area contributed by atoms with Gasteiger partial charge in [-0.3, -0.25) is 4.79 Å². The molecule has 5 nitrogen and oxygen atoms in total. The quantitative estimate of drug-likeness (QED) is 0.754. The molecule has 0 bridgehead atoms. The molecular formula is C14H11ClN2O3. The average Bonchev–Trinajstić information content (AvgIpc) is 2.38. The van der Waals surface area contributed by atoms with Crippen molar-refractivity contribution in [3.05, 3.63) is 52.5 Å². The van der Waals surface area contributed by atoms with E-state index < -0.39 is 11.9 Å². The number of carbonyl (C=O) groups is 2. The fourth-order valence-electron chi connectivity index (χ4n) is 1.84. The Morgan fingerprint density at radius 2 is 1.75 bits per heavy atom. The third-order valence-corrected chi connectivity index (χ3v) is 3.10. The molecule has 2 aromatic carbocycles. The Labute approximate surface area is 119 Å². The number of nitrogen functional groups attached to an aromatic ring is 1. The number of nitrogens with two attached hydrogens (primary N) is 2. The number of carboxylic acid groups (broad SMARTS) is 1. The molecule has 0 unspecified atom stereocenters. The van der Waals surface area contributed by atoms with E-state index in [1.807, 2.05) is 0 Å². The van der Waals surface area contributed by atoms with Crippen LogP contribution in [0.3, 0.4) is 0 Å². The van der Waals surface area contributed by atoms with E-state index in [4.69, 9.17) is 28.2 Å². The molecule has 1 amide bonds. The van der Waals surface area contributed by atoms with Gasteiger partial charge in [-0.05, 0) is 41.5 Å². The number of primary amides is 1. The molecule has 0 radical (unpaired) electrons. The van der Waals surface area contributed by atoms with E-state index in [-0.39, 0.29) is 16.1 Å². The van der Waals surface area contributed by atoms with Crippen molar-refractivity contribution in [2.75, 3.05) is 5.73 Å². The van der Waals surface area contributed by atoms with Crippen molar-refractivity contribution in [2.24, 2.45) is 5.73 Å². The number of hydrogen-bond donors (Lipinski definition) is 3. The SMILES string of the molecule is NC(=O)c1cc(-c2cc(N)cc(C(=O)O)c2)ccc1Cl. The highest BCUT2D eigenvalue weighted by Gasteiger charge is 2.11. The molecule has 102 valence electrons. The Morgan fingerprint density at radius 1 is 1.05 bits per heavy atom. The normalized spacial score (nSPS) is 10.2. The maximum absolute atomic E-state index is 11.3. The maximum atomic E-state index is 11.3. The summed E-state index contributed by atoms with van der Waals surface area (Å²) in [5, 5.41) is 9.26. The van der Waals surface area contributed by atoms with Crippen molar-refractivity contribution in [3.63, 3.8) is 0 Å². The van der Waals surface area contributed by atoms with Gasteiger partial charge in [0, 0.05) is 5.69 Å². The zero-order chi connectivity index (χ0) is 14.9. The Balaban J connectivity index is 2.59. The minimum Gasteiger partial charge on any atom is -0.478 e.